The number of hydrogen-bond donors (Lipinski definition) is 1. The normalized spacial score (nSPS) is 28.8. The van der Waals surface area contributed by atoms with Gasteiger partial charge in [-0.05, 0) is 31.9 Å². The summed E-state index contributed by atoms with van der Waals surface area (Å²) in [7, 11) is 0. The van der Waals surface area contributed by atoms with Gasteiger partial charge in [-0.15, -0.1) is 0 Å². The number of carbonyl (C=O) groups excluding carboxylic acids is 1. The molecule has 1 aliphatic heterocycles. The van der Waals surface area contributed by atoms with Crippen molar-refractivity contribution in [2.75, 3.05) is 11.5 Å². The van der Waals surface area contributed by atoms with Crippen molar-refractivity contribution in [3.63, 3.8) is 0 Å². The van der Waals surface area contributed by atoms with Gasteiger partial charge in [0.05, 0.1) is 11.7 Å². The molecule has 2 unspecified atom stereocenters. The summed E-state index contributed by atoms with van der Waals surface area (Å²) in [6.45, 7) is 6.49. The molecule has 2 fully saturated rings. The molecule has 0 aromatic carbocycles. The maximum Gasteiger partial charge on any atom is 0.244 e. The second-order valence-corrected chi connectivity index (χ2v) is 6.19. The number of nitrogens with one attached hydrogen (secondary N) is 1. The van der Waals surface area contributed by atoms with Crippen LogP contribution in [0.25, 0.3) is 0 Å². The molecule has 1 spiro atoms. The molecule has 1 N–H and O–H groups in total. The van der Waals surface area contributed by atoms with Gasteiger partial charge in [-0.1, -0.05) is 13.8 Å². The van der Waals surface area contributed by atoms with E-state index in [1.165, 1.54) is 0 Å². The largest absolute Gasteiger partial charge is 0.322 e. The Morgan fingerprint density at radius 3 is 2.75 bits per heavy atom. The minimum absolute atomic E-state index is 0.147. The SMILES string of the molecule is CCSCC(C)N1C(=O)C2(CC2)NC1CC. The van der Waals surface area contributed by atoms with E-state index in [2.05, 4.69) is 31.0 Å². The lowest BCUT2D eigenvalue weighted by Crippen LogP contribution is -2.44. The van der Waals surface area contributed by atoms with Crippen molar-refractivity contribution < 1.29 is 4.79 Å². The second kappa shape index (κ2) is 4.57. The van der Waals surface area contributed by atoms with Crippen molar-refractivity contribution in [3.05, 3.63) is 0 Å². The first-order valence-corrected chi connectivity index (χ1v) is 7.48. The lowest BCUT2D eigenvalue weighted by atomic mass is 10.2. The van der Waals surface area contributed by atoms with Crippen LogP contribution in [-0.4, -0.2) is 40.1 Å². The van der Waals surface area contributed by atoms with Crippen LogP contribution >= 0.6 is 11.8 Å². The van der Waals surface area contributed by atoms with Gasteiger partial charge in [0.1, 0.15) is 0 Å². The fourth-order valence-electron chi connectivity index (χ4n) is 2.50. The molecule has 92 valence electrons. The highest BCUT2D eigenvalue weighted by atomic mass is 32.2. The van der Waals surface area contributed by atoms with Crippen LogP contribution < -0.4 is 5.32 Å². The standard InChI is InChI=1S/C12H22N2OS/c1-4-10-13-12(6-7-12)11(15)14(10)9(3)8-16-5-2/h9-10,13H,4-8H2,1-3H3. The molecule has 1 saturated carbocycles. The summed E-state index contributed by atoms with van der Waals surface area (Å²) in [6.07, 6.45) is 3.34. The highest BCUT2D eigenvalue weighted by Crippen LogP contribution is 2.43. The van der Waals surface area contributed by atoms with Gasteiger partial charge in [0, 0.05) is 11.8 Å². The van der Waals surface area contributed by atoms with Crippen LogP contribution in [0.15, 0.2) is 0 Å². The Balaban J connectivity index is 2.03. The summed E-state index contributed by atoms with van der Waals surface area (Å²) in [5.74, 6) is 2.53. The summed E-state index contributed by atoms with van der Waals surface area (Å²) in [5, 5.41) is 3.52. The van der Waals surface area contributed by atoms with Crippen molar-refractivity contribution in [2.45, 2.75) is 57.8 Å². The fraction of sp³-hybridized carbons (Fsp3) is 0.917. The minimum Gasteiger partial charge on any atom is -0.322 e. The molecule has 4 heteroatoms. The van der Waals surface area contributed by atoms with E-state index in [4.69, 9.17) is 0 Å². The Morgan fingerprint density at radius 2 is 2.25 bits per heavy atom. The van der Waals surface area contributed by atoms with Crippen LogP contribution in [0.5, 0.6) is 0 Å². The second-order valence-electron chi connectivity index (χ2n) is 4.87. The smallest absolute Gasteiger partial charge is 0.244 e. The summed E-state index contributed by atoms with van der Waals surface area (Å²) in [4.78, 5) is 14.4. The third-order valence-electron chi connectivity index (χ3n) is 3.60. The van der Waals surface area contributed by atoms with Gasteiger partial charge in [-0.2, -0.15) is 11.8 Å². The average molecular weight is 242 g/mol. The summed E-state index contributed by atoms with van der Waals surface area (Å²) in [6, 6.07) is 0.356. The van der Waals surface area contributed by atoms with E-state index in [1.807, 2.05) is 11.8 Å². The molecule has 2 rings (SSSR count). The Bertz CT molecular complexity index is 278. The molecular weight excluding hydrogens is 220 g/mol. The molecule has 1 heterocycles. The molecule has 3 nitrogen and oxygen atoms in total. The monoisotopic (exact) mass is 242 g/mol. The highest BCUT2D eigenvalue weighted by molar-refractivity contribution is 7.99. The van der Waals surface area contributed by atoms with Crippen molar-refractivity contribution in [3.8, 4) is 0 Å². The summed E-state index contributed by atoms with van der Waals surface area (Å²) in [5.41, 5.74) is -0.147. The van der Waals surface area contributed by atoms with Gasteiger partial charge in [0.25, 0.3) is 0 Å². The quantitative estimate of drug-likeness (QED) is 0.798. The molecule has 16 heavy (non-hydrogen) atoms. The lowest BCUT2D eigenvalue weighted by Gasteiger charge is -2.29. The lowest BCUT2D eigenvalue weighted by molar-refractivity contribution is -0.132. The van der Waals surface area contributed by atoms with Gasteiger partial charge in [-0.25, -0.2) is 0 Å². The van der Waals surface area contributed by atoms with Crippen molar-refractivity contribution in [1.29, 1.82) is 0 Å². The molecule has 0 bridgehead atoms. The van der Waals surface area contributed by atoms with E-state index in [-0.39, 0.29) is 11.7 Å². The van der Waals surface area contributed by atoms with E-state index in [9.17, 15) is 4.79 Å². The van der Waals surface area contributed by atoms with Gasteiger partial charge in [0.15, 0.2) is 0 Å². The molecule has 1 saturated heterocycles. The van der Waals surface area contributed by atoms with E-state index in [1.54, 1.807) is 0 Å². The molecule has 0 aromatic heterocycles. The van der Waals surface area contributed by atoms with E-state index in [0.717, 1.165) is 30.8 Å². The molecular formula is C12H22N2OS. The maximum atomic E-state index is 12.3. The van der Waals surface area contributed by atoms with Crippen molar-refractivity contribution >= 4 is 17.7 Å². The number of amides is 1. The fourth-order valence-corrected chi connectivity index (χ4v) is 3.23. The Kier molecular flexibility index (Phi) is 3.50. The Hall–Kier alpha value is -0.220. The van der Waals surface area contributed by atoms with Crippen LogP contribution in [0.4, 0.5) is 0 Å². The molecule has 2 atom stereocenters. The Labute approximate surface area is 102 Å². The number of carbonyl (C=O) groups is 1. The molecule has 0 radical (unpaired) electrons. The first-order valence-electron chi connectivity index (χ1n) is 6.33. The molecule has 1 amide bonds. The zero-order valence-corrected chi connectivity index (χ0v) is 11.3. The zero-order chi connectivity index (χ0) is 11.8. The third kappa shape index (κ3) is 1.97. The van der Waals surface area contributed by atoms with Crippen molar-refractivity contribution in [2.24, 2.45) is 0 Å². The van der Waals surface area contributed by atoms with Crippen LogP contribution in [-0.2, 0) is 4.79 Å². The first kappa shape index (κ1) is 12.2. The zero-order valence-electron chi connectivity index (χ0n) is 10.5. The molecule has 0 aromatic rings. The first-order chi connectivity index (χ1) is 7.64. The van der Waals surface area contributed by atoms with Crippen LogP contribution in [0.3, 0.4) is 0 Å². The van der Waals surface area contributed by atoms with Crippen LogP contribution in [0.2, 0.25) is 0 Å². The predicted octanol–water partition coefficient (Wildman–Crippen LogP) is 1.83. The summed E-state index contributed by atoms with van der Waals surface area (Å²) < 4.78 is 0. The van der Waals surface area contributed by atoms with Gasteiger partial charge >= 0.3 is 0 Å². The molecule has 2 aliphatic rings. The number of nitrogens with zero attached hydrogens (tertiary/aromatic N) is 1. The van der Waals surface area contributed by atoms with Crippen LogP contribution in [0.1, 0.15) is 40.0 Å². The maximum absolute atomic E-state index is 12.3. The number of hydrogen-bond acceptors (Lipinski definition) is 3. The highest BCUT2D eigenvalue weighted by Gasteiger charge is 2.59. The average Bonchev–Trinajstić information content (AvgIpc) is 2.99. The summed E-state index contributed by atoms with van der Waals surface area (Å²) >= 11 is 1.92. The third-order valence-corrected chi connectivity index (χ3v) is 4.72. The number of rotatable bonds is 5. The predicted molar refractivity (Wildman–Crippen MR) is 68.5 cm³/mol. The van der Waals surface area contributed by atoms with Gasteiger partial charge in [0.2, 0.25) is 5.91 Å². The Morgan fingerprint density at radius 1 is 1.56 bits per heavy atom. The van der Waals surface area contributed by atoms with E-state index in [0.29, 0.717) is 11.9 Å². The minimum atomic E-state index is -0.147. The van der Waals surface area contributed by atoms with Gasteiger partial charge in [-0.3, -0.25) is 10.1 Å². The topological polar surface area (TPSA) is 32.3 Å². The van der Waals surface area contributed by atoms with E-state index >= 15 is 0 Å². The van der Waals surface area contributed by atoms with Crippen molar-refractivity contribution in [1.82, 2.24) is 10.2 Å². The molecule has 1 aliphatic carbocycles. The van der Waals surface area contributed by atoms with Gasteiger partial charge < -0.3 is 4.90 Å². The van der Waals surface area contributed by atoms with Crippen LogP contribution in [0, 0.1) is 0 Å². The number of thioether (sulfide) groups is 1. The van der Waals surface area contributed by atoms with E-state index < -0.39 is 0 Å².